The smallest absolute Gasteiger partial charge is 0.139 e. The number of ether oxygens (including phenoxy) is 1. The van der Waals surface area contributed by atoms with E-state index >= 15 is 0 Å². The molecule has 88 valence electrons. The lowest BCUT2D eigenvalue weighted by molar-refractivity contribution is 0.193. The number of hydrogen-bond acceptors (Lipinski definition) is 4. The molecular weight excluding hydrogens is 214 g/mol. The molecule has 0 bridgehead atoms. The van der Waals surface area contributed by atoms with E-state index in [1.807, 2.05) is 18.2 Å². The van der Waals surface area contributed by atoms with Crippen LogP contribution in [0.5, 0.6) is 0 Å². The third-order valence-electron chi connectivity index (χ3n) is 3.31. The molecule has 0 N–H and O–H groups in total. The van der Waals surface area contributed by atoms with Crippen molar-refractivity contribution in [2.24, 2.45) is 0 Å². The predicted molar refractivity (Wildman–Crippen MR) is 67.2 cm³/mol. The van der Waals surface area contributed by atoms with Crippen LogP contribution in [0.15, 0.2) is 30.6 Å². The SMILES string of the molecule is CN(c1ncnc2ccccc12)C1CCOC1. The number of nitrogens with zero attached hydrogens (tertiary/aromatic N) is 3. The Morgan fingerprint density at radius 3 is 3.00 bits per heavy atom. The van der Waals surface area contributed by atoms with Crippen molar-refractivity contribution in [2.75, 3.05) is 25.2 Å². The zero-order valence-corrected chi connectivity index (χ0v) is 9.84. The molecule has 1 aliphatic heterocycles. The van der Waals surface area contributed by atoms with Gasteiger partial charge in [0.05, 0.1) is 18.2 Å². The fourth-order valence-corrected chi connectivity index (χ4v) is 2.27. The molecule has 1 unspecified atom stereocenters. The lowest BCUT2D eigenvalue weighted by Gasteiger charge is -2.25. The highest BCUT2D eigenvalue weighted by Gasteiger charge is 2.22. The second-order valence-electron chi connectivity index (χ2n) is 4.34. The van der Waals surface area contributed by atoms with Gasteiger partial charge < -0.3 is 9.64 Å². The predicted octanol–water partition coefficient (Wildman–Crippen LogP) is 1.85. The monoisotopic (exact) mass is 229 g/mol. The van der Waals surface area contributed by atoms with Crippen molar-refractivity contribution in [2.45, 2.75) is 12.5 Å². The van der Waals surface area contributed by atoms with Gasteiger partial charge in [0, 0.05) is 19.0 Å². The van der Waals surface area contributed by atoms with Crippen LogP contribution in [-0.4, -0.2) is 36.3 Å². The minimum atomic E-state index is 0.424. The summed E-state index contributed by atoms with van der Waals surface area (Å²) in [4.78, 5) is 10.9. The zero-order chi connectivity index (χ0) is 11.7. The van der Waals surface area contributed by atoms with Gasteiger partial charge in [0.25, 0.3) is 0 Å². The van der Waals surface area contributed by atoms with Gasteiger partial charge in [0.15, 0.2) is 0 Å². The standard InChI is InChI=1S/C13H15N3O/c1-16(10-6-7-17-8-10)13-11-4-2-3-5-12(11)14-9-15-13/h2-5,9-10H,6-8H2,1H3. The zero-order valence-electron chi connectivity index (χ0n) is 9.84. The molecule has 2 aromatic rings. The first-order valence-corrected chi connectivity index (χ1v) is 5.86. The van der Waals surface area contributed by atoms with E-state index in [1.54, 1.807) is 6.33 Å². The second kappa shape index (κ2) is 4.30. The molecule has 0 radical (unpaired) electrons. The Hall–Kier alpha value is -1.68. The molecule has 1 fully saturated rings. The van der Waals surface area contributed by atoms with E-state index in [9.17, 15) is 0 Å². The summed E-state index contributed by atoms with van der Waals surface area (Å²) in [6.45, 7) is 1.63. The first-order chi connectivity index (χ1) is 8.36. The lowest BCUT2D eigenvalue weighted by Crippen LogP contribution is -2.32. The molecule has 0 spiro atoms. The molecule has 17 heavy (non-hydrogen) atoms. The number of likely N-dealkylation sites (N-methyl/N-ethyl adjacent to an activating group) is 1. The van der Waals surface area contributed by atoms with E-state index in [0.717, 1.165) is 36.4 Å². The molecule has 2 heterocycles. The fraction of sp³-hybridized carbons (Fsp3) is 0.385. The highest BCUT2D eigenvalue weighted by molar-refractivity contribution is 5.89. The van der Waals surface area contributed by atoms with Crippen molar-refractivity contribution >= 4 is 16.7 Å². The van der Waals surface area contributed by atoms with E-state index in [1.165, 1.54) is 0 Å². The first kappa shape index (κ1) is 10.5. The molecule has 0 saturated carbocycles. The van der Waals surface area contributed by atoms with E-state index in [-0.39, 0.29) is 0 Å². The summed E-state index contributed by atoms with van der Waals surface area (Å²) in [7, 11) is 2.08. The average Bonchev–Trinajstić information content (AvgIpc) is 2.91. The lowest BCUT2D eigenvalue weighted by atomic mass is 10.2. The molecule has 0 amide bonds. The highest BCUT2D eigenvalue weighted by atomic mass is 16.5. The molecule has 1 aliphatic rings. The summed E-state index contributed by atoms with van der Waals surface area (Å²) in [6.07, 6.45) is 2.69. The van der Waals surface area contributed by atoms with Crippen molar-refractivity contribution in [1.29, 1.82) is 0 Å². The van der Waals surface area contributed by atoms with Gasteiger partial charge in [0.2, 0.25) is 0 Å². The Kier molecular flexibility index (Phi) is 2.65. The number of para-hydroxylation sites is 1. The fourth-order valence-electron chi connectivity index (χ4n) is 2.27. The molecule has 4 nitrogen and oxygen atoms in total. The molecule has 1 aromatic heterocycles. The molecule has 3 rings (SSSR count). The summed E-state index contributed by atoms with van der Waals surface area (Å²) in [5.41, 5.74) is 0.989. The molecule has 1 atom stereocenters. The quantitative estimate of drug-likeness (QED) is 0.787. The van der Waals surface area contributed by atoms with Gasteiger partial charge >= 0.3 is 0 Å². The van der Waals surface area contributed by atoms with Gasteiger partial charge in [-0.2, -0.15) is 0 Å². The topological polar surface area (TPSA) is 38.2 Å². The maximum absolute atomic E-state index is 5.43. The Morgan fingerprint density at radius 2 is 2.18 bits per heavy atom. The molecule has 1 aromatic carbocycles. The minimum absolute atomic E-state index is 0.424. The largest absolute Gasteiger partial charge is 0.379 e. The minimum Gasteiger partial charge on any atom is -0.379 e. The van der Waals surface area contributed by atoms with Gasteiger partial charge in [0.1, 0.15) is 12.1 Å². The summed E-state index contributed by atoms with van der Waals surface area (Å²) in [6, 6.07) is 8.52. The number of benzene rings is 1. The average molecular weight is 229 g/mol. The summed E-state index contributed by atoms with van der Waals surface area (Å²) < 4.78 is 5.43. The van der Waals surface area contributed by atoms with Gasteiger partial charge in [-0.15, -0.1) is 0 Å². The van der Waals surface area contributed by atoms with Crippen LogP contribution in [0.2, 0.25) is 0 Å². The Balaban J connectivity index is 2.04. The second-order valence-corrected chi connectivity index (χ2v) is 4.34. The number of anilines is 1. The Morgan fingerprint density at radius 1 is 1.29 bits per heavy atom. The number of aromatic nitrogens is 2. The van der Waals surface area contributed by atoms with E-state index in [4.69, 9.17) is 4.74 Å². The third-order valence-corrected chi connectivity index (χ3v) is 3.31. The Bertz CT molecular complexity index is 518. The molecule has 1 saturated heterocycles. The van der Waals surface area contributed by atoms with Crippen molar-refractivity contribution in [3.05, 3.63) is 30.6 Å². The van der Waals surface area contributed by atoms with Crippen LogP contribution < -0.4 is 4.90 Å². The first-order valence-electron chi connectivity index (χ1n) is 5.86. The summed E-state index contributed by atoms with van der Waals surface area (Å²) in [5, 5.41) is 1.10. The van der Waals surface area contributed by atoms with Crippen LogP contribution in [0.25, 0.3) is 10.9 Å². The van der Waals surface area contributed by atoms with E-state index in [2.05, 4.69) is 28.0 Å². The Labute approximate surface area is 100 Å². The molecular formula is C13H15N3O. The van der Waals surface area contributed by atoms with Crippen LogP contribution in [-0.2, 0) is 4.74 Å². The van der Waals surface area contributed by atoms with Crippen LogP contribution in [0.4, 0.5) is 5.82 Å². The molecule has 4 heteroatoms. The van der Waals surface area contributed by atoms with Gasteiger partial charge in [-0.1, -0.05) is 12.1 Å². The summed E-state index contributed by atoms with van der Waals surface area (Å²) in [5.74, 6) is 0.992. The number of fused-ring (bicyclic) bond motifs is 1. The number of rotatable bonds is 2. The van der Waals surface area contributed by atoms with Crippen LogP contribution in [0.3, 0.4) is 0 Å². The third kappa shape index (κ3) is 1.85. The van der Waals surface area contributed by atoms with E-state index in [0.29, 0.717) is 6.04 Å². The van der Waals surface area contributed by atoms with Crippen molar-refractivity contribution in [3.8, 4) is 0 Å². The maximum Gasteiger partial charge on any atom is 0.139 e. The van der Waals surface area contributed by atoms with Crippen LogP contribution in [0, 0.1) is 0 Å². The van der Waals surface area contributed by atoms with Crippen LogP contribution >= 0.6 is 0 Å². The van der Waals surface area contributed by atoms with E-state index < -0.39 is 0 Å². The van der Waals surface area contributed by atoms with Crippen molar-refractivity contribution in [1.82, 2.24) is 9.97 Å². The van der Waals surface area contributed by atoms with Gasteiger partial charge in [-0.05, 0) is 18.6 Å². The highest BCUT2D eigenvalue weighted by Crippen LogP contribution is 2.25. The van der Waals surface area contributed by atoms with Crippen molar-refractivity contribution < 1.29 is 4.74 Å². The maximum atomic E-state index is 5.43. The van der Waals surface area contributed by atoms with Crippen molar-refractivity contribution in [3.63, 3.8) is 0 Å². The summed E-state index contributed by atoms with van der Waals surface area (Å²) >= 11 is 0. The molecule has 0 aliphatic carbocycles. The van der Waals surface area contributed by atoms with Crippen LogP contribution in [0.1, 0.15) is 6.42 Å². The van der Waals surface area contributed by atoms with Gasteiger partial charge in [-0.3, -0.25) is 0 Å². The number of hydrogen-bond donors (Lipinski definition) is 0. The van der Waals surface area contributed by atoms with Gasteiger partial charge in [-0.25, -0.2) is 9.97 Å². The normalized spacial score (nSPS) is 19.7.